The van der Waals surface area contributed by atoms with Crippen LogP contribution < -0.4 is 5.32 Å². The molecule has 1 aliphatic heterocycles. The predicted octanol–water partition coefficient (Wildman–Crippen LogP) is 1.65. The van der Waals surface area contributed by atoms with E-state index in [1.807, 2.05) is 0 Å². The van der Waals surface area contributed by atoms with Crippen molar-refractivity contribution in [3.05, 3.63) is 17.7 Å². The molecule has 1 atom stereocenters. The third kappa shape index (κ3) is 2.27. The minimum Gasteiger partial charge on any atom is -0.508 e. The predicted molar refractivity (Wildman–Crippen MR) is 58.7 cm³/mol. The first-order chi connectivity index (χ1) is 6.68. The van der Waals surface area contributed by atoms with E-state index in [0.29, 0.717) is 5.56 Å². The Hall–Kier alpha value is -1.13. The molecule has 5 heteroatoms. The van der Waals surface area contributed by atoms with Crippen molar-refractivity contribution in [2.75, 3.05) is 6.54 Å². The Labute approximate surface area is 94.0 Å². The number of benzene rings is 1. The molecule has 2 rings (SSSR count). The Balaban J connectivity index is 0.00000112. The number of hydrogen-bond donors (Lipinski definition) is 4. The van der Waals surface area contributed by atoms with Crippen LogP contribution in [0.4, 0.5) is 0 Å². The van der Waals surface area contributed by atoms with Gasteiger partial charge in [0, 0.05) is 18.2 Å². The number of nitrogens with one attached hydrogen (secondary N) is 1. The SMILES string of the molecule is Cl.Oc1cc(O)c([C@H]2CCCN2)c(O)c1. The number of hydrogen-bond acceptors (Lipinski definition) is 4. The number of aromatic hydroxyl groups is 3. The molecule has 0 radical (unpaired) electrons. The molecule has 0 aromatic heterocycles. The lowest BCUT2D eigenvalue weighted by Gasteiger charge is -2.14. The largest absolute Gasteiger partial charge is 0.508 e. The zero-order valence-electron chi connectivity index (χ0n) is 8.10. The summed E-state index contributed by atoms with van der Waals surface area (Å²) in [6.07, 6.45) is 1.93. The van der Waals surface area contributed by atoms with Crippen LogP contribution in [-0.4, -0.2) is 21.9 Å². The smallest absolute Gasteiger partial charge is 0.127 e. The van der Waals surface area contributed by atoms with Gasteiger partial charge >= 0.3 is 0 Å². The highest BCUT2D eigenvalue weighted by Crippen LogP contribution is 2.39. The van der Waals surface area contributed by atoms with E-state index >= 15 is 0 Å². The quantitative estimate of drug-likeness (QED) is 0.593. The van der Waals surface area contributed by atoms with Gasteiger partial charge in [0.25, 0.3) is 0 Å². The molecule has 0 saturated carbocycles. The van der Waals surface area contributed by atoms with Gasteiger partial charge in [0.05, 0.1) is 5.56 Å². The van der Waals surface area contributed by atoms with Crippen molar-refractivity contribution in [2.24, 2.45) is 0 Å². The second-order valence-corrected chi connectivity index (χ2v) is 3.55. The first-order valence-electron chi connectivity index (χ1n) is 4.66. The van der Waals surface area contributed by atoms with Crippen molar-refractivity contribution in [1.82, 2.24) is 5.32 Å². The van der Waals surface area contributed by atoms with E-state index < -0.39 is 0 Å². The Morgan fingerprint density at radius 2 is 1.73 bits per heavy atom. The van der Waals surface area contributed by atoms with Crippen LogP contribution in [0.1, 0.15) is 24.4 Å². The van der Waals surface area contributed by atoms with Crippen LogP contribution in [0.15, 0.2) is 12.1 Å². The molecule has 1 aromatic rings. The second kappa shape index (κ2) is 4.59. The monoisotopic (exact) mass is 231 g/mol. The Bertz CT molecular complexity index is 328. The van der Waals surface area contributed by atoms with Crippen molar-refractivity contribution in [3.8, 4) is 17.2 Å². The average Bonchev–Trinajstić information content (AvgIpc) is 2.54. The molecule has 1 heterocycles. The first kappa shape index (κ1) is 11.9. The number of phenolic OH excluding ortho intramolecular Hbond substituents is 3. The van der Waals surface area contributed by atoms with Crippen LogP contribution in [-0.2, 0) is 0 Å². The Kier molecular flexibility index (Phi) is 3.66. The van der Waals surface area contributed by atoms with E-state index in [4.69, 9.17) is 5.11 Å². The molecule has 1 aromatic carbocycles. The fourth-order valence-corrected chi connectivity index (χ4v) is 1.90. The van der Waals surface area contributed by atoms with Crippen molar-refractivity contribution >= 4 is 12.4 Å². The van der Waals surface area contributed by atoms with Crippen LogP contribution in [0.3, 0.4) is 0 Å². The highest BCUT2D eigenvalue weighted by Gasteiger charge is 2.23. The van der Waals surface area contributed by atoms with Crippen LogP contribution in [0.25, 0.3) is 0 Å². The number of rotatable bonds is 1. The first-order valence-corrected chi connectivity index (χ1v) is 4.66. The maximum atomic E-state index is 9.57. The lowest BCUT2D eigenvalue weighted by molar-refractivity contribution is 0.408. The van der Waals surface area contributed by atoms with E-state index in [1.165, 1.54) is 12.1 Å². The standard InChI is InChI=1S/C10H13NO3.ClH/c12-6-4-8(13)10(9(14)5-6)7-2-1-3-11-7;/h4-5,7,11-14H,1-3H2;1H/t7-;/m1./s1. The van der Waals surface area contributed by atoms with Crippen LogP contribution in [0.5, 0.6) is 17.2 Å². The second-order valence-electron chi connectivity index (χ2n) is 3.55. The van der Waals surface area contributed by atoms with Crippen LogP contribution >= 0.6 is 12.4 Å². The lowest BCUT2D eigenvalue weighted by atomic mass is 10.0. The lowest BCUT2D eigenvalue weighted by Crippen LogP contribution is -2.13. The van der Waals surface area contributed by atoms with E-state index in [9.17, 15) is 10.2 Å². The maximum absolute atomic E-state index is 9.57. The van der Waals surface area contributed by atoms with Crippen molar-refractivity contribution in [2.45, 2.75) is 18.9 Å². The normalized spacial score (nSPS) is 19.9. The molecule has 1 fully saturated rings. The van der Waals surface area contributed by atoms with E-state index in [-0.39, 0.29) is 35.7 Å². The molecule has 0 amide bonds. The third-order valence-electron chi connectivity index (χ3n) is 2.53. The summed E-state index contributed by atoms with van der Waals surface area (Å²) in [5.41, 5.74) is 0.486. The van der Waals surface area contributed by atoms with Gasteiger partial charge in [-0.05, 0) is 19.4 Å². The summed E-state index contributed by atoms with van der Waals surface area (Å²) < 4.78 is 0. The maximum Gasteiger partial charge on any atom is 0.127 e. The van der Waals surface area contributed by atoms with Gasteiger partial charge in [0.1, 0.15) is 17.2 Å². The van der Waals surface area contributed by atoms with Crippen LogP contribution in [0, 0.1) is 0 Å². The molecule has 1 saturated heterocycles. The van der Waals surface area contributed by atoms with Gasteiger partial charge < -0.3 is 20.6 Å². The molecule has 15 heavy (non-hydrogen) atoms. The summed E-state index contributed by atoms with van der Waals surface area (Å²) in [6, 6.07) is 2.49. The van der Waals surface area contributed by atoms with E-state index in [1.54, 1.807) is 0 Å². The zero-order valence-corrected chi connectivity index (χ0v) is 8.92. The molecule has 84 valence electrons. The fraction of sp³-hybridized carbons (Fsp3) is 0.400. The van der Waals surface area contributed by atoms with Gasteiger partial charge in [-0.2, -0.15) is 0 Å². The highest BCUT2D eigenvalue weighted by molar-refractivity contribution is 5.85. The molecule has 0 unspecified atom stereocenters. The molecule has 0 spiro atoms. The van der Waals surface area contributed by atoms with Gasteiger partial charge in [-0.15, -0.1) is 12.4 Å². The van der Waals surface area contributed by atoms with Gasteiger partial charge in [0.2, 0.25) is 0 Å². The van der Waals surface area contributed by atoms with Crippen molar-refractivity contribution in [3.63, 3.8) is 0 Å². The van der Waals surface area contributed by atoms with Crippen molar-refractivity contribution < 1.29 is 15.3 Å². The summed E-state index contributed by atoms with van der Waals surface area (Å²) in [7, 11) is 0. The van der Waals surface area contributed by atoms with Gasteiger partial charge in [-0.25, -0.2) is 0 Å². The minimum absolute atomic E-state index is 0. The number of halogens is 1. The molecule has 0 aliphatic carbocycles. The molecule has 4 N–H and O–H groups in total. The topological polar surface area (TPSA) is 72.7 Å². The Morgan fingerprint density at radius 1 is 1.13 bits per heavy atom. The minimum atomic E-state index is -0.123. The van der Waals surface area contributed by atoms with Crippen LogP contribution in [0.2, 0.25) is 0 Å². The Morgan fingerprint density at radius 3 is 2.20 bits per heavy atom. The third-order valence-corrected chi connectivity index (χ3v) is 2.53. The van der Waals surface area contributed by atoms with Gasteiger partial charge in [-0.3, -0.25) is 0 Å². The van der Waals surface area contributed by atoms with Gasteiger partial charge in [0.15, 0.2) is 0 Å². The van der Waals surface area contributed by atoms with E-state index in [2.05, 4.69) is 5.32 Å². The fourth-order valence-electron chi connectivity index (χ4n) is 1.90. The molecule has 4 nitrogen and oxygen atoms in total. The summed E-state index contributed by atoms with van der Waals surface area (Å²) in [5, 5.41) is 31.4. The summed E-state index contributed by atoms with van der Waals surface area (Å²) in [4.78, 5) is 0. The summed E-state index contributed by atoms with van der Waals surface area (Å²) in [6.45, 7) is 0.893. The average molecular weight is 232 g/mol. The summed E-state index contributed by atoms with van der Waals surface area (Å²) in [5.74, 6) is -0.231. The summed E-state index contributed by atoms with van der Waals surface area (Å²) >= 11 is 0. The number of phenols is 3. The molecular weight excluding hydrogens is 218 g/mol. The zero-order chi connectivity index (χ0) is 10.1. The van der Waals surface area contributed by atoms with Crippen molar-refractivity contribution in [1.29, 1.82) is 0 Å². The molecule has 0 bridgehead atoms. The van der Waals surface area contributed by atoms with Gasteiger partial charge in [-0.1, -0.05) is 0 Å². The molecule has 1 aliphatic rings. The molecular formula is C10H14ClNO3. The van der Waals surface area contributed by atoms with E-state index in [0.717, 1.165) is 19.4 Å². The highest BCUT2D eigenvalue weighted by atomic mass is 35.5.